The fraction of sp³-hybridized carbons (Fsp3) is 0.346. The van der Waals surface area contributed by atoms with Gasteiger partial charge in [-0.25, -0.2) is 14.2 Å². The van der Waals surface area contributed by atoms with Crippen LogP contribution in [-0.4, -0.2) is 59.4 Å². The van der Waals surface area contributed by atoms with Crippen LogP contribution >= 0.6 is 11.6 Å². The summed E-state index contributed by atoms with van der Waals surface area (Å²) in [6.07, 6.45) is 2.03. The molecule has 0 radical (unpaired) electrons. The van der Waals surface area contributed by atoms with Gasteiger partial charge in [-0.1, -0.05) is 35.9 Å². The summed E-state index contributed by atoms with van der Waals surface area (Å²) >= 11 is 6.01. The van der Waals surface area contributed by atoms with Gasteiger partial charge in [0.1, 0.15) is 11.9 Å². The number of benzene rings is 2. The van der Waals surface area contributed by atoms with Crippen molar-refractivity contribution >= 4 is 23.5 Å². The third-order valence-corrected chi connectivity index (χ3v) is 6.23. The highest BCUT2D eigenvalue weighted by Gasteiger charge is 2.32. The first-order chi connectivity index (χ1) is 17.0. The molecular weight excluding hydrogens is 473 g/mol. The molecule has 7 nitrogen and oxygen atoms in total. The lowest BCUT2D eigenvalue weighted by atomic mass is 10.0. The predicted molar refractivity (Wildman–Crippen MR) is 129 cm³/mol. The zero-order valence-corrected chi connectivity index (χ0v) is 20.2. The Balaban J connectivity index is 1.33. The zero-order valence-electron chi connectivity index (χ0n) is 19.5. The van der Waals surface area contributed by atoms with Crippen molar-refractivity contribution in [3.63, 3.8) is 0 Å². The Bertz CT molecular complexity index is 1160. The molecule has 0 saturated carbocycles. The molecule has 2 heterocycles. The molecular formula is C26H27ClFN3O4. The molecule has 1 aliphatic heterocycles. The third-order valence-electron chi connectivity index (χ3n) is 5.97. The van der Waals surface area contributed by atoms with Crippen molar-refractivity contribution in [1.29, 1.82) is 0 Å². The van der Waals surface area contributed by atoms with Crippen LogP contribution in [-0.2, 0) is 20.7 Å². The topological polar surface area (TPSA) is 75.9 Å². The number of aryl methyl sites for hydroxylation is 1. The second kappa shape index (κ2) is 11.5. The Labute approximate surface area is 208 Å². The summed E-state index contributed by atoms with van der Waals surface area (Å²) < 4.78 is 24.9. The maximum Gasteiger partial charge on any atom is 0.328 e. The van der Waals surface area contributed by atoms with Crippen molar-refractivity contribution < 1.29 is 23.1 Å². The SMILES string of the molecule is CCOC(=O)C(c1ccc(Cl)cc1)N1CCN(C(=O)CCc2ncc(-c3ccccc3F)o2)CC1. The number of piperazine rings is 1. The van der Waals surface area contributed by atoms with E-state index in [0.717, 1.165) is 5.56 Å². The Morgan fingerprint density at radius 3 is 2.51 bits per heavy atom. The number of rotatable bonds is 8. The van der Waals surface area contributed by atoms with Crippen LogP contribution in [0.4, 0.5) is 4.39 Å². The average molecular weight is 500 g/mol. The number of carbonyl (C=O) groups excluding carboxylic acids is 2. The molecule has 184 valence electrons. The van der Waals surface area contributed by atoms with Gasteiger partial charge >= 0.3 is 5.97 Å². The molecule has 0 aliphatic carbocycles. The van der Waals surface area contributed by atoms with Gasteiger partial charge in [-0.05, 0) is 36.8 Å². The summed E-state index contributed by atoms with van der Waals surface area (Å²) in [6.45, 7) is 4.13. The zero-order chi connectivity index (χ0) is 24.8. The standard InChI is InChI=1S/C26H27ClFN3O4/c1-2-34-26(33)25(18-7-9-19(27)10-8-18)31-15-13-30(14-16-31)24(32)12-11-23-29-17-22(35-23)20-5-3-4-6-21(20)28/h3-10,17,25H,2,11-16H2,1H3. The second-order valence-corrected chi connectivity index (χ2v) is 8.66. The molecule has 3 aromatic rings. The summed E-state index contributed by atoms with van der Waals surface area (Å²) in [6, 6.07) is 12.9. The van der Waals surface area contributed by atoms with E-state index in [9.17, 15) is 14.0 Å². The highest BCUT2D eigenvalue weighted by molar-refractivity contribution is 6.30. The number of carbonyl (C=O) groups is 2. The van der Waals surface area contributed by atoms with Crippen molar-refractivity contribution in [3.05, 3.63) is 77.0 Å². The van der Waals surface area contributed by atoms with Crippen molar-refractivity contribution in [2.75, 3.05) is 32.8 Å². The van der Waals surface area contributed by atoms with Crippen molar-refractivity contribution in [2.24, 2.45) is 0 Å². The lowest BCUT2D eigenvalue weighted by molar-refractivity contribution is -0.151. The van der Waals surface area contributed by atoms with Crippen LogP contribution < -0.4 is 0 Å². The number of halogens is 2. The van der Waals surface area contributed by atoms with E-state index in [1.165, 1.54) is 12.3 Å². The monoisotopic (exact) mass is 499 g/mol. The summed E-state index contributed by atoms with van der Waals surface area (Å²) in [5.74, 6) is 0.00853. The number of aromatic nitrogens is 1. The molecule has 1 unspecified atom stereocenters. The maximum atomic E-state index is 14.0. The van der Waals surface area contributed by atoms with Gasteiger partial charge < -0.3 is 14.1 Å². The minimum Gasteiger partial charge on any atom is -0.465 e. The van der Waals surface area contributed by atoms with E-state index in [-0.39, 0.29) is 24.1 Å². The van der Waals surface area contributed by atoms with Crippen LogP contribution in [0.15, 0.2) is 59.1 Å². The Kier molecular flexibility index (Phi) is 8.15. The summed E-state index contributed by atoms with van der Waals surface area (Å²) in [7, 11) is 0. The number of nitrogens with zero attached hydrogens (tertiary/aromatic N) is 3. The summed E-state index contributed by atoms with van der Waals surface area (Å²) in [4.78, 5) is 33.5. The van der Waals surface area contributed by atoms with Gasteiger partial charge in [0.15, 0.2) is 11.7 Å². The molecule has 0 N–H and O–H groups in total. The van der Waals surface area contributed by atoms with Gasteiger partial charge in [-0.2, -0.15) is 0 Å². The van der Waals surface area contributed by atoms with E-state index in [1.807, 2.05) is 17.0 Å². The van der Waals surface area contributed by atoms with E-state index in [2.05, 4.69) is 4.98 Å². The van der Waals surface area contributed by atoms with Crippen LogP contribution in [0.3, 0.4) is 0 Å². The first-order valence-corrected chi connectivity index (χ1v) is 12.0. The van der Waals surface area contributed by atoms with Crippen LogP contribution in [0.1, 0.15) is 30.8 Å². The van der Waals surface area contributed by atoms with Gasteiger partial charge in [0, 0.05) is 44.0 Å². The van der Waals surface area contributed by atoms with Crippen molar-refractivity contribution in [1.82, 2.24) is 14.8 Å². The van der Waals surface area contributed by atoms with Gasteiger partial charge in [0.2, 0.25) is 5.91 Å². The molecule has 1 aromatic heterocycles. The van der Waals surface area contributed by atoms with Crippen LogP contribution in [0.25, 0.3) is 11.3 Å². The Hall–Kier alpha value is -3.23. The highest BCUT2D eigenvalue weighted by Crippen LogP contribution is 2.26. The van der Waals surface area contributed by atoms with Crippen LogP contribution in [0.2, 0.25) is 5.02 Å². The van der Waals surface area contributed by atoms with Crippen LogP contribution in [0.5, 0.6) is 0 Å². The Morgan fingerprint density at radius 1 is 1.11 bits per heavy atom. The van der Waals surface area contributed by atoms with E-state index in [4.69, 9.17) is 20.8 Å². The number of ether oxygens (including phenoxy) is 1. The van der Waals surface area contributed by atoms with E-state index < -0.39 is 6.04 Å². The lowest BCUT2D eigenvalue weighted by Crippen LogP contribution is -2.51. The first-order valence-electron chi connectivity index (χ1n) is 11.6. The third kappa shape index (κ3) is 6.07. The van der Waals surface area contributed by atoms with Gasteiger partial charge in [-0.3, -0.25) is 9.69 Å². The molecule has 1 aliphatic rings. The molecule has 1 atom stereocenters. The summed E-state index contributed by atoms with van der Waals surface area (Å²) in [5, 5.41) is 0.596. The van der Waals surface area contributed by atoms with Gasteiger partial charge in [-0.15, -0.1) is 0 Å². The number of amides is 1. The average Bonchev–Trinajstić information content (AvgIpc) is 3.33. The number of hydrogen-bond donors (Lipinski definition) is 0. The lowest BCUT2D eigenvalue weighted by Gasteiger charge is -2.38. The molecule has 1 fully saturated rings. The fourth-order valence-corrected chi connectivity index (χ4v) is 4.30. The molecule has 2 aromatic carbocycles. The highest BCUT2D eigenvalue weighted by atomic mass is 35.5. The second-order valence-electron chi connectivity index (χ2n) is 8.22. The minimum atomic E-state index is -0.548. The smallest absolute Gasteiger partial charge is 0.328 e. The predicted octanol–water partition coefficient (Wildman–Crippen LogP) is 4.52. The molecule has 4 rings (SSSR count). The first kappa shape index (κ1) is 24.9. The Morgan fingerprint density at radius 2 is 1.83 bits per heavy atom. The largest absolute Gasteiger partial charge is 0.465 e. The maximum absolute atomic E-state index is 14.0. The normalized spacial score (nSPS) is 15.1. The van der Waals surface area contributed by atoms with Gasteiger partial charge in [0.05, 0.1) is 18.4 Å². The molecule has 35 heavy (non-hydrogen) atoms. The number of hydrogen-bond acceptors (Lipinski definition) is 6. The van der Waals surface area contributed by atoms with Crippen LogP contribution in [0, 0.1) is 5.82 Å². The minimum absolute atomic E-state index is 0.0190. The van der Waals surface area contributed by atoms with Crippen molar-refractivity contribution in [3.8, 4) is 11.3 Å². The number of oxazole rings is 1. The molecule has 1 saturated heterocycles. The molecule has 1 amide bonds. The quantitative estimate of drug-likeness (QED) is 0.424. The van der Waals surface area contributed by atoms with E-state index in [0.29, 0.717) is 61.4 Å². The van der Waals surface area contributed by atoms with Crippen molar-refractivity contribution in [2.45, 2.75) is 25.8 Å². The van der Waals surface area contributed by atoms with Gasteiger partial charge in [0.25, 0.3) is 0 Å². The molecule has 0 spiro atoms. The number of esters is 1. The molecule has 0 bridgehead atoms. The fourth-order valence-electron chi connectivity index (χ4n) is 4.18. The van der Waals surface area contributed by atoms with E-state index in [1.54, 1.807) is 42.2 Å². The van der Waals surface area contributed by atoms with E-state index >= 15 is 0 Å². The molecule has 9 heteroatoms. The summed E-state index contributed by atoms with van der Waals surface area (Å²) in [5.41, 5.74) is 1.15.